The first-order valence-electron chi connectivity index (χ1n) is 8.04. The van der Waals surface area contributed by atoms with Crippen LogP contribution in [0.1, 0.15) is 43.9 Å². The van der Waals surface area contributed by atoms with Crippen molar-refractivity contribution in [2.45, 2.75) is 45.6 Å². The maximum absolute atomic E-state index is 5.91. The molecule has 2 aromatic rings. The molecule has 0 bridgehead atoms. The highest BCUT2D eigenvalue weighted by Crippen LogP contribution is 2.30. The number of unbranched alkanes of at least 4 members (excludes halogenated alkanes) is 4. The topological polar surface area (TPSA) is 89.3 Å². The van der Waals surface area contributed by atoms with Gasteiger partial charge in [-0.05, 0) is 18.6 Å². The van der Waals surface area contributed by atoms with E-state index in [0.29, 0.717) is 12.5 Å². The lowest BCUT2D eigenvalue weighted by molar-refractivity contribution is 0.638. The Bertz CT molecular complexity index is 628. The summed E-state index contributed by atoms with van der Waals surface area (Å²) < 4.78 is 0. The zero-order valence-corrected chi connectivity index (χ0v) is 17.6. The number of guanidine groups is 1. The van der Waals surface area contributed by atoms with Crippen LogP contribution in [0.5, 0.6) is 0 Å². The highest BCUT2D eigenvalue weighted by atomic mass is 35.5. The van der Waals surface area contributed by atoms with Gasteiger partial charge in [0.1, 0.15) is 0 Å². The van der Waals surface area contributed by atoms with E-state index in [0.717, 1.165) is 33.5 Å². The Morgan fingerprint density at radius 2 is 1.96 bits per heavy atom. The number of nitrogens with one attached hydrogen (secondary N) is 1. The number of nitrogens with two attached hydrogens (primary N) is 2. The molecule has 2 rings (SSSR count). The quantitative estimate of drug-likeness (QED) is 0.304. The third-order valence-electron chi connectivity index (χ3n) is 3.40. The number of aromatic nitrogens is 1. The zero-order chi connectivity index (χ0) is 16.5. The number of rotatable bonds is 9. The van der Waals surface area contributed by atoms with E-state index in [2.05, 4.69) is 28.3 Å². The molecule has 0 atom stereocenters. The maximum Gasteiger partial charge on any atom is 0.194 e. The van der Waals surface area contributed by atoms with Crippen LogP contribution in [-0.4, -0.2) is 17.5 Å². The van der Waals surface area contributed by atoms with E-state index in [1.54, 1.807) is 11.3 Å². The average molecular weight is 424 g/mol. The second-order valence-electron chi connectivity index (χ2n) is 5.31. The Labute approximate surface area is 170 Å². The van der Waals surface area contributed by atoms with Crippen molar-refractivity contribution in [3.05, 3.63) is 22.4 Å². The number of halogens is 2. The lowest BCUT2D eigenvalue weighted by Crippen LogP contribution is -2.22. The molecule has 0 radical (unpaired) electrons. The minimum Gasteiger partial charge on any atom is -0.370 e. The van der Waals surface area contributed by atoms with Crippen LogP contribution < -0.4 is 16.8 Å². The summed E-state index contributed by atoms with van der Waals surface area (Å²) in [5.74, 6) is 0.440. The smallest absolute Gasteiger partial charge is 0.194 e. The molecule has 5 nitrogen and oxygen atoms in total. The molecule has 0 saturated carbocycles. The summed E-state index contributed by atoms with van der Waals surface area (Å²) >= 11 is 3.20. The fraction of sp³-hybridized carbons (Fsp3) is 0.500. The molecular weight excluding hydrogens is 397 g/mol. The van der Waals surface area contributed by atoms with Gasteiger partial charge in [0.15, 0.2) is 11.1 Å². The summed E-state index contributed by atoms with van der Waals surface area (Å²) in [4.78, 5) is 11.2. The first-order chi connectivity index (χ1) is 11.2. The van der Waals surface area contributed by atoms with Gasteiger partial charge in [0.05, 0.1) is 10.6 Å². The van der Waals surface area contributed by atoms with Crippen molar-refractivity contribution >= 4 is 58.6 Å². The van der Waals surface area contributed by atoms with Crippen LogP contribution in [0, 0.1) is 0 Å². The number of hydrogen-bond donors (Lipinski definition) is 3. The van der Waals surface area contributed by atoms with Gasteiger partial charge in [-0.3, -0.25) is 4.99 Å². The molecule has 0 aliphatic rings. The van der Waals surface area contributed by atoms with Gasteiger partial charge in [-0.2, -0.15) is 0 Å². The minimum absolute atomic E-state index is 0. The summed E-state index contributed by atoms with van der Waals surface area (Å²) in [5, 5.41) is 5.86. The van der Waals surface area contributed by atoms with E-state index < -0.39 is 0 Å². The summed E-state index contributed by atoms with van der Waals surface area (Å²) in [6.07, 6.45) is 6.14. The van der Waals surface area contributed by atoms with Gasteiger partial charge in [0, 0.05) is 23.3 Å². The van der Waals surface area contributed by atoms with Gasteiger partial charge in [0.25, 0.3) is 0 Å². The molecular formula is C16H27Cl2N5S2. The van der Waals surface area contributed by atoms with Gasteiger partial charge < -0.3 is 16.8 Å². The van der Waals surface area contributed by atoms with E-state index in [9.17, 15) is 0 Å². The maximum atomic E-state index is 5.91. The molecule has 0 aliphatic heterocycles. The van der Waals surface area contributed by atoms with Crippen LogP contribution in [0.2, 0.25) is 0 Å². The van der Waals surface area contributed by atoms with Crippen molar-refractivity contribution in [2.24, 2.45) is 16.5 Å². The lowest BCUT2D eigenvalue weighted by atomic mass is 10.2. The Morgan fingerprint density at radius 3 is 2.64 bits per heavy atom. The summed E-state index contributed by atoms with van der Waals surface area (Å²) in [6.45, 7) is 3.55. The number of thiazole rings is 1. The highest BCUT2D eigenvalue weighted by Gasteiger charge is 2.07. The molecule has 2 aromatic heterocycles. The number of aliphatic imine (C=N–C) groups is 1. The van der Waals surface area contributed by atoms with Crippen LogP contribution in [-0.2, 0) is 6.54 Å². The second-order valence-corrected chi connectivity index (χ2v) is 7.34. The first kappa shape index (κ1) is 24.1. The molecule has 25 heavy (non-hydrogen) atoms. The fourth-order valence-electron chi connectivity index (χ4n) is 2.13. The minimum atomic E-state index is 0. The van der Waals surface area contributed by atoms with Gasteiger partial charge in [0.2, 0.25) is 0 Å². The third kappa shape index (κ3) is 8.37. The Balaban J connectivity index is 0.00000288. The number of anilines is 1. The van der Waals surface area contributed by atoms with Gasteiger partial charge in [-0.15, -0.1) is 47.5 Å². The normalized spacial score (nSPS) is 10.9. The van der Waals surface area contributed by atoms with E-state index in [-0.39, 0.29) is 24.8 Å². The molecule has 0 aromatic carbocycles. The zero-order valence-electron chi connectivity index (χ0n) is 14.4. The largest absolute Gasteiger partial charge is 0.370 e. The first-order valence-corrected chi connectivity index (χ1v) is 9.74. The second kappa shape index (κ2) is 13.4. The number of nitrogens with zero attached hydrogens (tertiary/aromatic N) is 2. The predicted molar refractivity (Wildman–Crippen MR) is 117 cm³/mol. The predicted octanol–water partition coefficient (Wildman–Crippen LogP) is 4.87. The molecule has 0 fully saturated rings. The van der Waals surface area contributed by atoms with Crippen molar-refractivity contribution in [3.63, 3.8) is 0 Å². The molecule has 0 saturated heterocycles. The van der Waals surface area contributed by atoms with Crippen LogP contribution in [0.3, 0.4) is 0 Å². The molecule has 0 aliphatic carbocycles. The van der Waals surface area contributed by atoms with Crippen LogP contribution >= 0.6 is 47.5 Å². The monoisotopic (exact) mass is 423 g/mol. The van der Waals surface area contributed by atoms with Gasteiger partial charge in [-0.25, -0.2) is 4.98 Å². The van der Waals surface area contributed by atoms with Crippen molar-refractivity contribution in [3.8, 4) is 10.6 Å². The number of thiophene rings is 1. The number of hydrogen-bond acceptors (Lipinski definition) is 5. The van der Waals surface area contributed by atoms with Gasteiger partial charge in [-0.1, -0.05) is 32.6 Å². The van der Waals surface area contributed by atoms with Crippen molar-refractivity contribution in [1.29, 1.82) is 0 Å². The average Bonchev–Trinajstić information content (AvgIpc) is 3.19. The summed E-state index contributed by atoms with van der Waals surface area (Å²) in [6, 6.07) is 4.10. The Kier molecular flexibility index (Phi) is 12.9. The van der Waals surface area contributed by atoms with E-state index in [1.807, 2.05) is 11.4 Å². The van der Waals surface area contributed by atoms with E-state index >= 15 is 0 Å². The molecule has 5 N–H and O–H groups in total. The summed E-state index contributed by atoms with van der Waals surface area (Å²) in [7, 11) is 0. The Hall–Kier alpha value is -0.860. The SMILES string of the molecule is CCCCCCCN=C(N)Nc1nc(-c2ccc(CN)s2)cs1.Cl.Cl. The molecule has 0 unspecified atom stereocenters. The third-order valence-corrected chi connectivity index (χ3v) is 5.29. The van der Waals surface area contributed by atoms with Crippen molar-refractivity contribution in [2.75, 3.05) is 11.9 Å². The lowest BCUT2D eigenvalue weighted by Gasteiger charge is -2.01. The molecule has 0 spiro atoms. The summed E-state index contributed by atoms with van der Waals surface area (Å²) in [5.41, 5.74) is 12.5. The molecule has 0 amide bonds. The van der Waals surface area contributed by atoms with Crippen molar-refractivity contribution in [1.82, 2.24) is 4.98 Å². The van der Waals surface area contributed by atoms with E-state index in [1.165, 1.54) is 37.0 Å². The highest BCUT2D eigenvalue weighted by molar-refractivity contribution is 7.17. The molecule has 9 heteroatoms. The molecule has 142 valence electrons. The van der Waals surface area contributed by atoms with Crippen LogP contribution in [0.4, 0.5) is 5.13 Å². The van der Waals surface area contributed by atoms with E-state index in [4.69, 9.17) is 11.5 Å². The van der Waals surface area contributed by atoms with Crippen LogP contribution in [0.15, 0.2) is 22.5 Å². The Morgan fingerprint density at radius 1 is 1.20 bits per heavy atom. The van der Waals surface area contributed by atoms with Crippen molar-refractivity contribution < 1.29 is 0 Å². The fourth-order valence-corrected chi connectivity index (χ4v) is 3.77. The van der Waals surface area contributed by atoms with Crippen LogP contribution in [0.25, 0.3) is 10.6 Å². The van der Waals surface area contributed by atoms with Gasteiger partial charge >= 0.3 is 0 Å². The molecule has 2 heterocycles. The standard InChI is InChI=1S/C16H25N5S2.2ClH/c1-2-3-4-5-6-9-19-15(18)21-16-20-13(11-22-16)14-8-7-12(10-17)23-14;;/h7-8,11H,2-6,9-10,17H2,1H3,(H3,18,19,20,21);2*1H.